The molecule has 1 aliphatic heterocycles. The van der Waals surface area contributed by atoms with Crippen LogP contribution in [0.1, 0.15) is 27.7 Å². The summed E-state index contributed by atoms with van der Waals surface area (Å²) in [6.45, 7) is 8.89. The summed E-state index contributed by atoms with van der Waals surface area (Å²) < 4.78 is 5.34. The van der Waals surface area contributed by atoms with E-state index in [0.29, 0.717) is 6.61 Å². The molecule has 0 amide bonds. The van der Waals surface area contributed by atoms with Crippen LogP contribution >= 0.6 is 0 Å². The van der Waals surface area contributed by atoms with Crippen molar-refractivity contribution in [1.29, 1.82) is 0 Å². The van der Waals surface area contributed by atoms with Gasteiger partial charge in [-0.15, -0.1) is 0 Å². The van der Waals surface area contributed by atoms with Gasteiger partial charge in [0.25, 0.3) is 0 Å². The summed E-state index contributed by atoms with van der Waals surface area (Å²) in [5, 5.41) is 0. The summed E-state index contributed by atoms with van der Waals surface area (Å²) in [6, 6.07) is 0. The molecule has 0 aromatic carbocycles. The fourth-order valence-corrected chi connectivity index (χ4v) is 0.841. The molecule has 0 spiro atoms. The van der Waals surface area contributed by atoms with Gasteiger partial charge in [0, 0.05) is 41.7 Å². The van der Waals surface area contributed by atoms with Crippen molar-refractivity contribution in [2.75, 3.05) is 6.61 Å². The SMILES string of the molecule is C[C](C)C1=NC(C)(C)CO1.[Ce]. The van der Waals surface area contributed by atoms with Crippen molar-refractivity contribution < 1.29 is 46.5 Å². The second-order valence-corrected chi connectivity index (χ2v) is 3.52. The molecular weight excluding hydrogens is 266 g/mol. The molecule has 2 nitrogen and oxygen atoms in total. The van der Waals surface area contributed by atoms with E-state index in [0.717, 1.165) is 11.8 Å². The first-order chi connectivity index (χ1) is 4.51. The maximum atomic E-state index is 5.34. The van der Waals surface area contributed by atoms with Gasteiger partial charge in [0.2, 0.25) is 0 Å². The van der Waals surface area contributed by atoms with Crippen molar-refractivity contribution in [2.24, 2.45) is 4.99 Å². The zero-order valence-corrected chi connectivity index (χ0v) is 10.7. The molecule has 0 saturated carbocycles. The Labute approximate surface area is 102 Å². The Kier molecular flexibility index (Phi) is 4.51. The van der Waals surface area contributed by atoms with Crippen LogP contribution < -0.4 is 0 Å². The summed E-state index contributed by atoms with van der Waals surface area (Å²) in [5.41, 5.74) is -0.00734. The van der Waals surface area contributed by atoms with Crippen LogP contribution in [0, 0.1) is 47.7 Å². The van der Waals surface area contributed by atoms with Crippen LogP contribution in [0.25, 0.3) is 0 Å². The van der Waals surface area contributed by atoms with Crippen molar-refractivity contribution in [3.05, 3.63) is 5.92 Å². The Morgan fingerprint density at radius 1 is 1.45 bits per heavy atom. The Balaban J connectivity index is 0.000001000. The van der Waals surface area contributed by atoms with E-state index in [2.05, 4.69) is 18.8 Å². The number of hydrogen-bond acceptors (Lipinski definition) is 2. The molecule has 0 atom stereocenters. The molecule has 61 valence electrons. The fourth-order valence-electron chi connectivity index (χ4n) is 0.841. The molecule has 1 rings (SSSR count). The van der Waals surface area contributed by atoms with Gasteiger partial charge in [0.15, 0.2) is 5.90 Å². The Morgan fingerprint density at radius 2 is 2.00 bits per heavy atom. The van der Waals surface area contributed by atoms with Crippen LogP contribution in [0.2, 0.25) is 0 Å². The van der Waals surface area contributed by atoms with Crippen LogP contribution in [0.5, 0.6) is 0 Å². The molecule has 1 radical (unpaired) electrons. The summed E-state index contributed by atoms with van der Waals surface area (Å²) in [5.74, 6) is 1.98. The van der Waals surface area contributed by atoms with Crippen molar-refractivity contribution in [2.45, 2.75) is 33.2 Å². The molecule has 0 fully saturated rings. The van der Waals surface area contributed by atoms with Gasteiger partial charge in [-0.3, -0.25) is 0 Å². The van der Waals surface area contributed by atoms with Crippen molar-refractivity contribution >= 4 is 5.90 Å². The molecule has 0 aromatic rings. The molecule has 11 heavy (non-hydrogen) atoms. The molecule has 0 bridgehead atoms. The van der Waals surface area contributed by atoms with Gasteiger partial charge in [0.1, 0.15) is 6.61 Å². The van der Waals surface area contributed by atoms with Gasteiger partial charge in [0.05, 0.1) is 11.5 Å². The van der Waals surface area contributed by atoms with Gasteiger partial charge < -0.3 is 4.74 Å². The van der Waals surface area contributed by atoms with E-state index in [1.807, 2.05) is 13.8 Å². The predicted octanol–water partition coefficient (Wildman–Crippen LogP) is 1.81. The first-order valence-electron chi connectivity index (χ1n) is 3.54. The van der Waals surface area contributed by atoms with Gasteiger partial charge in [-0.1, -0.05) is 13.8 Å². The molecule has 0 N–H and O–H groups in total. The van der Waals surface area contributed by atoms with Crippen molar-refractivity contribution in [3.63, 3.8) is 0 Å². The minimum atomic E-state index is -0.00734. The van der Waals surface area contributed by atoms with Gasteiger partial charge >= 0.3 is 0 Å². The zero-order chi connectivity index (χ0) is 7.78. The molecule has 0 aromatic heterocycles. The average molecular weight is 280 g/mol. The number of hydrogen-bond donors (Lipinski definition) is 0. The Morgan fingerprint density at radius 3 is 2.18 bits per heavy atom. The van der Waals surface area contributed by atoms with E-state index in [1.165, 1.54) is 0 Å². The van der Waals surface area contributed by atoms with E-state index in [4.69, 9.17) is 4.74 Å². The van der Waals surface area contributed by atoms with Gasteiger partial charge in [-0.25, -0.2) is 4.99 Å². The standard InChI is InChI=1S/C8H14NO.Ce/c1-6(2)7-9-8(3,4)5-10-7;/h5H2,1-4H3;. The van der Waals surface area contributed by atoms with Gasteiger partial charge in [-0.05, 0) is 13.8 Å². The van der Waals surface area contributed by atoms with Crippen molar-refractivity contribution in [3.8, 4) is 0 Å². The quantitative estimate of drug-likeness (QED) is 0.718. The Hall–Kier alpha value is 0.847. The average Bonchev–Trinajstić information content (AvgIpc) is 2.10. The van der Waals surface area contributed by atoms with Gasteiger partial charge in [-0.2, -0.15) is 0 Å². The fraction of sp³-hybridized carbons (Fsp3) is 0.750. The third-order valence-corrected chi connectivity index (χ3v) is 1.39. The number of rotatable bonds is 1. The first kappa shape index (κ1) is 11.8. The van der Waals surface area contributed by atoms with Crippen molar-refractivity contribution in [1.82, 2.24) is 0 Å². The topological polar surface area (TPSA) is 21.6 Å². The van der Waals surface area contributed by atoms with Crippen LogP contribution in [0.3, 0.4) is 0 Å². The minimum absolute atomic E-state index is 0. The van der Waals surface area contributed by atoms with E-state index < -0.39 is 0 Å². The third kappa shape index (κ3) is 3.38. The van der Waals surface area contributed by atoms with E-state index >= 15 is 0 Å². The number of ether oxygens (including phenoxy) is 1. The monoisotopic (exact) mass is 280 g/mol. The normalized spacial score (nSPS) is 20.6. The smallest absolute Gasteiger partial charge is 0.190 e. The largest absolute Gasteiger partial charge is 0.478 e. The maximum Gasteiger partial charge on any atom is 0.190 e. The van der Waals surface area contributed by atoms with E-state index in [-0.39, 0.29) is 47.3 Å². The second-order valence-electron chi connectivity index (χ2n) is 3.52. The second kappa shape index (κ2) is 4.19. The van der Waals surface area contributed by atoms with E-state index in [1.54, 1.807) is 0 Å². The van der Waals surface area contributed by atoms with E-state index in [9.17, 15) is 0 Å². The molecular formula is C8H14CeNO. The Bertz CT molecular complexity index is 163. The number of nitrogens with zero attached hydrogens (tertiary/aromatic N) is 1. The summed E-state index contributed by atoms with van der Waals surface area (Å²) in [4.78, 5) is 4.38. The van der Waals surface area contributed by atoms with Crippen LogP contribution in [-0.4, -0.2) is 18.0 Å². The molecule has 3 heteroatoms. The molecule has 0 aliphatic carbocycles. The summed E-state index contributed by atoms with van der Waals surface area (Å²) in [7, 11) is 0. The zero-order valence-electron chi connectivity index (χ0n) is 7.56. The third-order valence-electron chi connectivity index (χ3n) is 1.39. The molecule has 1 aliphatic rings. The molecule has 0 unspecified atom stereocenters. The number of aliphatic imine (C=N–C) groups is 1. The van der Waals surface area contributed by atoms with Crippen LogP contribution in [0.4, 0.5) is 0 Å². The summed E-state index contributed by atoms with van der Waals surface area (Å²) >= 11 is 0. The first-order valence-corrected chi connectivity index (χ1v) is 3.54. The summed E-state index contributed by atoms with van der Waals surface area (Å²) in [6.07, 6.45) is 0. The minimum Gasteiger partial charge on any atom is -0.478 e. The maximum absolute atomic E-state index is 5.34. The molecule has 0 saturated heterocycles. The molecule has 1 heterocycles. The van der Waals surface area contributed by atoms with Crippen LogP contribution in [0.15, 0.2) is 4.99 Å². The van der Waals surface area contributed by atoms with Crippen LogP contribution in [-0.2, 0) is 4.74 Å². The predicted molar refractivity (Wildman–Crippen MR) is 42.1 cm³/mol.